The van der Waals surface area contributed by atoms with Gasteiger partial charge < -0.3 is 0 Å². The van der Waals surface area contributed by atoms with E-state index in [1.54, 1.807) is 0 Å². The molecule has 140 valence electrons. The van der Waals surface area contributed by atoms with Crippen molar-refractivity contribution in [2.24, 2.45) is 11.0 Å². The van der Waals surface area contributed by atoms with E-state index in [1.165, 1.54) is 33.1 Å². The molecule has 0 spiro atoms. The lowest BCUT2D eigenvalue weighted by Gasteiger charge is -2.14. The third kappa shape index (κ3) is 3.77. The van der Waals surface area contributed by atoms with Gasteiger partial charge in [0.25, 0.3) is 0 Å². The minimum Gasteiger partial charge on any atom is -0.278 e. The van der Waals surface area contributed by atoms with E-state index in [4.69, 9.17) is 5.10 Å². The molecule has 0 amide bonds. The molecule has 3 aromatic carbocycles. The molecule has 1 aliphatic carbocycles. The van der Waals surface area contributed by atoms with Gasteiger partial charge in [0.2, 0.25) is 0 Å². The van der Waals surface area contributed by atoms with E-state index in [9.17, 15) is 0 Å². The number of allylic oxidation sites excluding steroid dienone is 4. The molecule has 1 aliphatic rings. The van der Waals surface area contributed by atoms with Gasteiger partial charge >= 0.3 is 0 Å². The van der Waals surface area contributed by atoms with Crippen molar-refractivity contribution in [3.8, 4) is 0 Å². The lowest BCUT2D eigenvalue weighted by atomic mass is 9.93. The number of hydrogen-bond acceptors (Lipinski definition) is 2. The number of fused-ring (bicyclic) bond motifs is 1. The maximum absolute atomic E-state index is 4.83. The number of hydrogen-bond donors (Lipinski definition) is 1. The van der Waals surface area contributed by atoms with E-state index in [1.807, 2.05) is 6.07 Å². The Morgan fingerprint density at radius 1 is 0.857 bits per heavy atom. The maximum atomic E-state index is 4.83. The lowest BCUT2D eigenvalue weighted by Crippen LogP contribution is -2.10. The SMILES string of the molecule is CC1=CC(CC(=NNc2ccc3ccccc3c2)c2ccccc2)C(C)=C1C. The van der Waals surface area contributed by atoms with E-state index in [0.717, 1.165) is 17.8 Å². The molecule has 1 atom stereocenters. The lowest BCUT2D eigenvalue weighted by molar-refractivity contribution is 0.808. The van der Waals surface area contributed by atoms with Gasteiger partial charge in [0.1, 0.15) is 0 Å². The van der Waals surface area contributed by atoms with Crippen LogP contribution in [0.3, 0.4) is 0 Å². The molecule has 1 unspecified atom stereocenters. The van der Waals surface area contributed by atoms with Crippen LogP contribution in [0.4, 0.5) is 5.69 Å². The highest BCUT2D eigenvalue weighted by Crippen LogP contribution is 2.33. The minimum atomic E-state index is 0.414. The summed E-state index contributed by atoms with van der Waals surface area (Å²) in [4.78, 5) is 0. The van der Waals surface area contributed by atoms with Crippen molar-refractivity contribution >= 4 is 22.2 Å². The fourth-order valence-electron chi connectivity index (χ4n) is 3.81. The summed E-state index contributed by atoms with van der Waals surface area (Å²) in [5, 5.41) is 7.29. The summed E-state index contributed by atoms with van der Waals surface area (Å²) in [6, 6.07) is 25.2. The topological polar surface area (TPSA) is 24.4 Å². The Kier molecular flexibility index (Phi) is 5.12. The molecule has 0 aromatic heterocycles. The van der Waals surface area contributed by atoms with Crippen LogP contribution in [-0.4, -0.2) is 5.71 Å². The molecular formula is C26H26N2. The number of nitrogens with one attached hydrogen (secondary N) is 1. The third-order valence-electron chi connectivity index (χ3n) is 5.78. The molecule has 1 N–H and O–H groups in total. The van der Waals surface area contributed by atoms with Gasteiger partial charge in [-0.2, -0.15) is 5.10 Å². The maximum Gasteiger partial charge on any atom is 0.0688 e. The van der Waals surface area contributed by atoms with Crippen LogP contribution in [0.25, 0.3) is 10.8 Å². The zero-order valence-corrected chi connectivity index (χ0v) is 16.7. The smallest absolute Gasteiger partial charge is 0.0688 e. The van der Waals surface area contributed by atoms with Crippen molar-refractivity contribution in [3.63, 3.8) is 0 Å². The van der Waals surface area contributed by atoms with Crippen molar-refractivity contribution in [2.75, 3.05) is 5.43 Å². The highest BCUT2D eigenvalue weighted by atomic mass is 15.3. The Bertz CT molecular complexity index is 1090. The fourth-order valence-corrected chi connectivity index (χ4v) is 3.81. The van der Waals surface area contributed by atoms with Gasteiger partial charge in [-0.25, -0.2) is 0 Å². The molecule has 0 fully saturated rings. The van der Waals surface area contributed by atoms with Crippen LogP contribution in [-0.2, 0) is 0 Å². The van der Waals surface area contributed by atoms with E-state index >= 15 is 0 Å². The first-order valence-electron chi connectivity index (χ1n) is 9.85. The second-order valence-corrected chi connectivity index (χ2v) is 7.57. The monoisotopic (exact) mass is 366 g/mol. The quantitative estimate of drug-likeness (QED) is 0.383. The third-order valence-corrected chi connectivity index (χ3v) is 5.78. The van der Waals surface area contributed by atoms with Gasteiger partial charge in [0.05, 0.1) is 11.4 Å². The normalized spacial score (nSPS) is 17.2. The molecular weight excluding hydrogens is 340 g/mol. The van der Waals surface area contributed by atoms with Gasteiger partial charge in [-0.3, -0.25) is 5.43 Å². The zero-order valence-electron chi connectivity index (χ0n) is 16.7. The molecule has 2 nitrogen and oxygen atoms in total. The number of rotatable bonds is 5. The molecule has 28 heavy (non-hydrogen) atoms. The van der Waals surface area contributed by atoms with Gasteiger partial charge in [-0.15, -0.1) is 0 Å². The number of anilines is 1. The van der Waals surface area contributed by atoms with Crippen molar-refractivity contribution in [1.82, 2.24) is 0 Å². The summed E-state index contributed by atoms with van der Waals surface area (Å²) in [5.41, 5.74) is 10.8. The Labute approximate surface area is 167 Å². The van der Waals surface area contributed by atoms with Crippen LogP contribution in [0.2, 0.25) is 0 Å². The van der Waals surface area contributed by atoms with Crippen molar-refractivity contribution in [3.05, 3.63) is 101 Å². The van der Waals surface area contributed by atoms with Crippen LogP contribution in [0, 0.1) is 5.92 Å². The summed E-state index contributed by atoms with van der Waals surface area (Å²) in [6.07, 6.45) is 3.27. The predicted molar refractivity (Wildman–Crippen MR) is 121 cm³/mol. The molecule has 0 heterocycles. The van der Waals surface area contributed by atoms with Crippen LogP contribution in [0.1, 0.15) is 32.8 Å². The number of hydrazone groups is 1. The van der Waals surface area contributed by atoms with Crippen molar-refractivity contribution in [2.45, 2.75) is 27.2 Å². The highest BCUT2D eigenvalue weighted by molar-refractivity contribution is 6.01. The fraction of sp³-hybridized carbons (Fsp3) is 0.192. The first-order chi connectivity index (χ1) is 13.6. The van der Waals surface area contributed by atoms with Gasteiger partial charge in [0.15, 0.2) is 0 Å². The molecule has 0 radical (unpaired) electrons. The summed E-state index contributed by atoms with van der Waals surface area (Å²) < 4.78 is 0. The minimum absolute atomic E-state index is 0.414. The van der Waals surface area contributed by atoms with Crippen LogP contribution < -0.4 is 5.43 Å². The molecule has 4 rings (SSSR count). The number of nitrogens with zero attached hydrogens (tertiary/aromatic N) is 1. The van der Waals surface area contributed by atoms with Gasteiger partial charge in [0, 0.05) is 12.3 Å². The molecule has 3 aromatic rings. The molecule has 2 heteroatoms. The average molecular weight is 367 g/mol. The van der Waals surface area contributed by atoms with Crippen LogP contribution >= 0.6 is 0 Å². The average Bonchev–Trinajstić information content (AvgIpc) is 2.98. The highest BCUT2D eigenvalue weighted by Gasteiger charge is 2.21. The van der Waals surface area contributed by atoms with Crippen LogP contribution in [0.5, 0.6) is 0 Å². The summed E-state index contributed by atoms with van der Waals surface area (Å²) >= 11 is 0. The Hall–Kier alpha value is -3.13. The second kappa shape index (κ2) is 7.85. The number of benzene rings is 3. The zero-order chi connectivity index (χ0) is 19.5. The molecule has 0 saturated carbocycles. The van der Waals surface area contributed by atoms with E-state index in [-0.39, 0.29) is 0 Å². The second-order valence-electron chi connectivity index (χ2n) is 7.57. The van der Waals surface area contributed by atoms with Gasteiger partial charge in [-0.05, 0) is 54.8 Å². The van der Waals surface area contributed by atoms with E-state index in [0.29, 0.717) is 5.92 Å². The molecule has 0 aliphatic heterocycles. The Balaban J connectivity index is 1.63. The largest absolute Gasteiger partial charge is 0.278 e. The van der Waals surface area contributed by atoms with E-state index < -0.39 is 0 Å². The summed E-state index contributed by atoms with van der Waals surface area (Å²) in [6.45, 7) is 6.66. The standard InChI is InChI=1S/C26H26N2/c1-18-15-24(20(3)19(18)2)17-26(22-10-5-4-6-11-22)28-27-25-14-13-21-9-7-8-12-23(21)16-25/h4-16,24,27H,17H2,1-3H3. The first-order valence-corrected chi connectivity index (χ1v) is 9.85. The molecule has 0 bridgehead atoms. The van der Waals surface area contributed by atoms with Crippen molar-refractivity contribution < 1.29 is 0 Å². The Morgan fingerprint density at radius 3 is 2.29 bits per heavy atom. The first kappa shape index (κ1) is 18.2. The summed E-state index contributed by atoms with van der Waals surface area (Å²) in [5.74, 6) is 0.414. The van der Waals surface area contributed by atoms with Crippen molar-refractivity contribution in [1.29, 1.82) is 0 Å². The predicted octanol–water partition coefficient (Wildman–Crippen LogP) is 6.96. The summed E-state index contributed by atoms with van der Waals surface area (Å²) in [7, 11) is 0. The Morgan fingerprint density at radius 2 is 1.57 bits per heavy atom. The molecule has 0 saturated heterocycles. The van der Waals surface area contributed by atoms with E-state index in [2.05, 4.69) is 99.0 Å². The van der Waals surface area contributed by atoms with Gasteiger partial charge in [-0.1, -0.05) is 77.9 Å². The van der Waals surface area contributed by atoms with Crippen LogP contribution in [0.15, 0.2) is 101 Å².